The molecule has 1 aliphatic carbocycles. The standard InChI is InChI=1S/C34H38N2O3S/c37-33-24-20-29(21-25-33)27-36(40(38,39)34-16-8-3-9-17-34)32-22-18-28(19-23-32)11-10-26-35(30-12-4-1-5-13-30)31-14-6-2-7-15-31/h1,3-5,8-9,12-13,16-25,31,37H,2,6-7,10-11,14-15,26-27H2. The largest absolute Gasteiger partial charge is 0.508 e. The highest BCUT2D eigenvalue weighted by Gasteiger charge is 2.25. The van der Waals surface area contributed by atoms with E-state index in [0.29, 0.717) is 11.7 Å². The van der Waals surface area contributed by atoms with Gasteiger partial charge in [-0.1, -0.05) is 79.9 Å². The zero-order valence-electron chi connectivity index (χ0n) is 22.9. The summed E-state index contributed by atoms with van der Waals surface area (Å²) in [7, 11) is -3.78. The van der Waals surface area contributed by atoms with E-state index in [1.165, 1.54) is 47.7 Å². The Hall–Kier alpha value is -3.77. The van der Waals surface area contributed by atoms with Gasteiger partial charge in [-0.25, -0.2) is 8.42 Å². The predicted octanol–water partition coefficient (Wildman–Crippen LogP) is 7.56. The smallest absolute Gasteiger partial charge is 0.264 e. The normalized spacial score (nSPS) is 14.1. The van der Waals surface area contributed by atoms with Gasteiger partial charge in [-0.3, -0.25) is 4.31 Å². The molecule has 0 aromatic heterocycles. The van der Waals surface area contributed by atoms with E-state index in [-0.39, 0.29) is 17.2 Å². The molecule has 0 amide bonds. The first kappa shape index (κ1) is 27.8. The van der Waals surface area contributed by atoms with Gasteiger partial charge in [0.05, 0.1) is 17.1 Å². The van der Waals surface area contributed by atoms with Crippen molar-refractivity contribution in [3.05, 3.63) is 120 Å². The molecule has 0 atom stereocenters. The average Bonchev–Trinajstić information content (AvgIpc) is 3.01. The fourth-order valence-electron chi connectivity index (χ4n) is 5.62. The molecule has 208 valence electrons. The molecule has 4 aromatic carbocycles. The van der Waals surface area contributed by atoms with Crippen molar-refractivity contribution in [2.75, 3.05) is 15.7 Å². The van der Waals surface area contributed by atoms with Gasteiger partial charge in [-0.15, -0.1) is 0 Å². The quantitative estimate of drug-likeness (QED) is 0.208. The Bertz CT molecular complexity index is 1440. The van der Waals surface area contributed by atoms with E-state index < -0.39 is 10.0 Å². The molecule has 1 fully saturated rings. The highest BCUT2D eigenvalue weighted by Crippen LogP contribution is 2.29. The molecule has 1 aliphatic rings. The molecular formula is C34H38N2O3S. The molecule has 0 bridgehead atoms. The third kappa shape index (κ3) is 6.86. The lowest BCUT2D eigenvalue weighted by Crippen LogP contribution is -2.37. The first-order valence-electron chi connectivity index (χ1n) is 14.3. The highest BCUT2D eigenvalue weighted by molar-refractivity contribution is 7.92. The van der Waals surface area contributed by atoms with Crippen molar-refractivity contribution in [1.82, 2.24) is 0 Å². The van der Waals surface area contributed by atoms with Crippen LogP contribution in [0.5, 0.6) is 5.75 Å². The molecule has 0 unspecified atom stereocenters. The minimum atomic E-state index is -3.78. The maximum absolute atomic E-state index is 13.7. The molecule has 5 rings (SSSR count). The van der Waals surface area contributed by atoms with E-state index in [2.05, 4.69) is 35.2 Å². The van der Waals surface area contributed by atoms with Crippen LogP contribution in [-0.2, 0) is 23.0 Å². The molecule has 0 saturated heterocycles. The summed E-state index contributed by atoms with van der Waals surface area (Å²) >= 11 is 0. The number of anilines is 2. The second-order valence-electron chi connectivity index (χ2n) is 10.6. The molecule has 40 heavy (non-hydrogen) atoms. The topological polar surface area (TPSA) is 60.9 Å². The molecule has 1 saturated carbocycles. The first-order chi connectivity index (χ1) is 19.5. The van der Waals surface area contributed by atoms with Crippen molar-refractivity contribution in [1.29, 1.82) is 0 Å². The molecule has 1 N–H and O–H groups in total. The monoisotopic (exact) mass is 554 g/mol. The molecule has 0 aliphatic heterocycles. The van der Waals surface area contributed by atoms with Crippen molar-refractivity contribution in [3.63, 3.8) is 0 Å². The Morgan fingerprint density at radius 2 is 1.27 bits per heavy atom. The Morgan fingerprint density at radius 3 is 1.93 bits per heavy atom. The summed E-state index contributed by atoms with van der Waals surface area (Å²) in [6.07, 6.45) is 8.44. The van der Waals surface area contributed by atoms with Gasteiger partial charge in [0.15, 0.2) is 0 Å². The zero-order chi connectivity index (χ0) is 27.8. The molecule has 5 nitrogen and oxygen atoms in total. The summed E-state index contributed by atoms with van der Waals surface area (Å²) in [5.41, 5.74) is 3.92. The number of benzene rings is 4. The third-order valence-corrected chi connectivity index (χ3v) is 9.57. The van der Waals surface area contributed by atoms with Gasteiger partial charge in [-0.05, 0) is 85.3 Å². The van der Waals surface area contributed by atoms with Crippen LogP contribution in [-0.4, -0.2) is 26.1 Å². The second kappa shape index (κ2) is 13.1. The fourth-order valence-corrected chi connectivity index (χ4v) is 7.09. The number of phenols is 1. The fraction of sp³-hybridized carbons (Fsp3) is 0.294. The molecule has 0 spiro atoms. The minimum Gasteiger partial charge on any atom is -0.508 e. The third-order valence-electron chi connectivity index (χ3n) is 7.79. The Balaban J connectivity index is 1.31. The van der Waals surface area contributed by atoms with Crippen LogP contribution in [0.2, 0.25) is 0 Å². The lowest BCUT2D eigenvalue weighted by atomic mass is 9.93. The molecule has 0 heterocycles. The van der Waals surface area contributed by atoms with E-state index in [4.69, 9.17) is 0 Å². The molecular weight excluding hydrogens is 516 g/mol. The van der Waals surface area contributed by atoms with Crippen LogP contribution in [0.25, 0.3) is 0 Å². The number of sulfonamides is 1. The predicted molar refractivity (Wildman–Crippen MR) is 163 cm³/mol. The van der Waals surface area contributed by atoms with Crippen LogP contribution in [0.15, 0.2) is 114 Å². The Morgan fingerprint density at radius 1 is 0.675 bits per heavy atom. The summed E-state index contributed by atoms with van der Waals surface area (Å²) in [5.74, 6) is 0.153. The van der Waals surface area contributed by atoms with Gasteiger partial charge in [0, 0.05) is 18.3 Å². The van der Waals surface area contributed by atoms with E-state index in [9.17, 15) is 13.5 Å². The summed E-state index contributed by atoms with van der Waals surface area (Å²) in [4.78, 5) is 2.85. The number of aromatic hydroxyl groups is 1. The van der Waals surface area contributed by atoms with Crippen molar-refractivity contribution in [3.8, 4) is 5.75 Å². The number of phenolic OH excluding ortho intramolecular Hbond substituents is 1. The molecule has 6 heteroatoms. The Kier molecular flexibility index (Phi) is 9.07. The van der Waals surface area contributed by atoms with Crippen LogP contribution in [0.1, 0.15) is 49.7 Å². The number of para-hydroxylation sites is 1. The van der Waals surface area contributed by atoms with Crippen LogP contribution >= 0.6 is 0 Å². The van der Waals surface area contributed by atoms with Crippen molar-refractivity contribution in [2.45, 2.75) is 62.4 Å². The first-order valence-corrected chi connectivity index (χ1v) is 15.7. The van der Waals surface area contributed by atoms with Gasteiger partial charge >= 0.3 is 0 Å². The lowest BCUT2D eigenvalue weighted by molar-refractivity contribution is 0.412. The SMILES string of the molecule is O=S(=O)(c1ccccc1)N(Cc1ccc(O)cc1)c1ccc(CCCN(c2ccccc2)C2CCCCC2)cc1. The molecule has 0 radical (unpaired) electrons. The Labute approximate surface area is 238 Å². The molecule has 4 aromatic rings. The summed E-state index contributed by atoms with van der Waals surface area (Å²) < 4.78 is 28.8. The number of hydrogen-bond donors (Lipinski definition) is 1. The van der Waals surface area contributed by atoms with Gasteiger partial charge in [0.2, 0.25) is 0 Å². The summed E-state index contributed by atoms with van der Waals surface area (Å²) in [5, 5.41) is 9.69. The second-order valence-corrected chi connectivity index (χ2v) is 12.4. The zero-order valence-corrected chi connectivity index (χ0v) is 23.7. The maximum Gasteiger partial charge on any atom is 0.264 e. The van der Waals surface area contributed by atoms with Crippen molar-refractivity contribution in [2.24, 2.45) is 0 Å². The van der Waals surface area contributed by atoms with Crippen LogP contribution in [0.4, 0.5) is 11.4 Å². The summed E-state index contributed by atoms with van der Waals surface area (Å²) in [6.45, 7) is 1.18. The van der Waals surface area contributed by atoms with Gasteiger partial charge < -0.3 is 10.0 Å². The van der Waals surface area contributed by atoms with Gasteiger partial charge in [-0.2, -0.15) is 0 Å². The number of nitrogens with zero attached hydrogens (tertiary/aromatic N) is 2. The average molecular weight is 555 g/mol. The van der Waals surface area contributed by atoms with Gasteiger partial charge in [0.1, 0.15) is 5.75 Å². The lowest BCUT2D eigenvalue weighted by Gasteiger charge is -2.36. The minimum absolute atomic E-state index is 0.153. The van der Waals surface area contributed by atoms with Crippen LogP contribution in [0, 0.1) is 0 Å². The van der Waals surface area contributed by atoms with Crippen LogP contribution < -0.4 is 9.21 Å². The van der Waals surface area contributed by atoms with E-state index >= 15 is 0 Å². The van der Waals surface area contributed by atoms with Crippen molar-refractivity contribution < 1.29 is 13.5 Å². The van der Waals surface area contributed by atoms with Crippen molar-refractivity contribution >= 4 is 21.4 Å². The van der Waals surface area contributed by atoms with E-state index in [1.54, 1.807) is 48.5 Å². The highest BCUT2D eigenvalue weighted by atomic mass is 32.2. The van der Waals surface area contributed by atoms with E-state index in [1.807, 2.05) is 30.3 Å². The number of rotatable bonds is 11. The summed E-state index contributed by atoms with van der Waals surface area (Å²) in [6, 6.07) is 34.5. The maximum atomic E-state index is 13.7. The number of hydrogen-bond acceptors (Lipinski definition) is 4. The van der Waals surface area contributed by atoms with E-state index in [0.717, 1.165) is 24.9 Å². The van der Waals surface area contributed by atoms with Crippen LogP contribution in [0.3, 0.4) is 0 Å². The number of aryl methyl sites for hydroxylation is 1. The van der Waals surface area contributed by atoms with Gasteiger partial charge in [0.25, 0.3) is 10.0 Å².